The molecule has 1 aromatic rings. The third kappa shape index (κ3) is 5.19. The first-order valence-corrected chi connectivity index (χ1v) is 8.98. The van der Waals surface area contributed by atoms with Crippen LogP contribution in [0.3, 0.4) is 0 Å². The van der Waals surface area contributed by atoms with Crippen molar-refractivity contribution in [2.24, 2.45) is 5.73 Å². The van der Waals surface area contributed by atoms with Gasteiger partial charge in [0.15, 0.2) is 0 Å². The molecule has 0 radical (unpaired) electrons. The molecule has 1 aliphatic heterocycles. The van der Waals surface area contributed by atoms with E-state index in [9.17, 15) is 4.79 Å². The lowest BCUT2D eigenvalue weighted by atomic mass is 10.1. The van der Waals surface area contributed by atoms with E-state index in [1.165, 1.54) is 0 Å². The Morgan fingerprint density at radius 2 is 1.96 bits per heavy atom. The third-order valence-electron chi connectivity index (χ3n) is 3.97. The van der Waals surface area contributed by atoms with Crippen LogP contribution in [-0.2, 0) is 4.79 Å². The number of hydrogen-bond donors (Lipinski definition) is 1. The van der Waals surface area contributed by atoms with Gasteiger partial charge in [0.05, 0.1) is 18.8 Å². The fraction of sp³-hybridized carbons (Fsp3) is 0.562. The summed E-state index contributed by atoms with van der Waals surface area (Å²) in [6, 6.07) is 7.62. The molecule has 7 heteroatoms. The predicted octanol–water partition coefficient (Wildman–Crippen LogP) is 1.85. The summed E-state index contributed by atoms with van der Waals surface area (Å²) in [5, 5.41) is 0. The molecular formula is C16H26ClN3O2S. The minimum Gasteiger partial charge on any atom is -0.495 e. The van der Waals surface area contributed by atoms with Crippen molar-refractivity contribution in [2.45, 2.75) is 12.5 Å². The SMILES string of the molecule is COc1ccccc1N1CCN(C(=O)[C@@H](N)CCSC)CC1.Cl. The van der Waals surface area contributed by atoms with Crippen molar-refractivity contribution in [1.29, 1.82) is 0 Å². The number of nitrogens with two attached hydrogens (primary N) is 1. The van der Waals surface area contributed by atoms with Crippen molar-refractivity contribution in [2.75, 3.05) is 50.2 Å². The third-order valence-corrected chi connectivity index (χ3v) is 4.61. The molecule has 5 nitrogen and oxygen atoms in total. The maximum absolute atomic E-state index is 12.3. The molecule has 0 bridgehead atoms. The van der Waals surface area contributed by atoms with Crippen molar-refractivity contribution in [1.82, 2.24) is 4.90 Å². The number of nitrogens with zero attached hydrogens (tertiary/aromatic N) is 2. The van der Waals surface area contributed by atoms with Gasteiger partial charge in [0.2, 0.25) is 5.91 Å². The van der Waals surface area contributed by atoms with Crippen molar-refractivity contribution < 1.29 is 9.53 Å². The van der Waals surface area contributed by atoms with Crippen LogP contribution in [-0.4, -0.2) is 62.1 Å². The highest BCUT2D eigenvalue weighted by atomic mass is 35.5. The zero-order valence-corrected chi connectivity index (χ0v) is 15.4. The highest BCUT2D eigenvalue weighted by Crippen LogP contribution is 2.28. The second-order valence-electron chi connectivity index (χ2n) is 5.37. The van der Waals surface area contributed by atoms with Crippen molar-refractivity contribution in [3.05, 3.63) is 24.3 Å². The van der Waals surface area contributed by atoms with E-state index in [1.807, 2.05) is 29.4 Å². The lowest BCUT2D eigenvalue weighted by Crippen LogP contribution is -2.53. The van der Waals surface area contributed by atoms with E-state index in [1.54, 1.807) is 18.9 Å². The van der Waals surface area contributed by atoms with Crippen molar-refractivity contribution >= 4 is 35.8 Å². The molecule has 0 saturated carbocycles. The van der Waals surface area contributed by atoms with E-state index in [-0.39, 0.29) is 24.4 Å². The predicted molar refractivity (Wildman–Crippen MR) is 100 cm³/mol. The minimum absolute atomic E-state index is 0. The Morgan fingerprint density at radius 3 is 2.57 bits per heavy atom. The van der Waals surface area contributed by atoms with Gasteiger partial charge in [0.1, 0.15) is 5.75 Å². The average molecular weight is 360 g/mol. The molecule has 23 heavy (non-hydrogen) atoms. The number of methoxy groups -OCH3 is 1. The summed E-state index contributed by atoms with van der Waals surface area (Å²) in [6.07, 6.45) is 2.77. The van der Waals surface area contributed by atoms with Gasteiger partial charge in [-0.05, 0) is 30.6 Å². The first kappa shape index (κ1) is 19.9. The average Bonchev–Trinajstić information content (AvgIpc) is 2.59. The monoisotopic (exact) mass is 359 g/mol. The number of benzene rings is 1. The summed E-state index contributed by atoms with van der Waals surface area (Å²) in [5.74, 6) is 1.88. The summed E-state index contributed by atoms with van der Waals surface area (Å²) in [6.45, 7) is 3.04. The van der Waals surface area contributed by atoms with E-state index in [2.05, 4.69) is 11.0 Å². The molecule has 0 unspecified atom stereocenters. The smallest absolute Gasteiger partial charge is 0.239 e. The number of hydrogen-bond acceptors (Lipinski definition) is 5. The lowest BCUT2D eigenvalue weighted by Gasteiger charge is -2.37. The van der Waals surface area contributed by atoms with Crippen LogP contribution >= 0.6 is 24.2 Å². The Kier molecular flexibility index (Phi) is 8.58. The van der Waals surface area contributed by atoms with Crippen molar-refractivity contribution in [3.63, 3.8) is 0 Å². The van der Waals surface area contributed by atoms with Crippen LogP contribution in [0, 0.1) is 0 Å². The van der Waals surface area contributed by atoms with Crippen molar-refractivity contribution in [3.8, 4) is 5.75 Å². The normalized spacial score (nSPS) is 15.8. The highest BCUT2D eigenvalue weighted by molar-refractivity contribution is 7.98. The van der Waals surface area contributed by atoms with Crippen LogP contribution in [0.4, 0.5) is 5.69 Å². The van der Waals surface area contributed by atoms with Crippen LogP contribution in [0.15, 0.2) is 24.3 Å². The standard InChI is InChI=1S/C16H25N3O2S.ClH/c1-21-15-6-4-3-5-14(15)18-8-10-19(11-9-18)16(20)13(17)7-12-22-2;/h3-6,13H,7-12,17H2,1-2H3;1H/t13-;/m0./s1. The van der Waals surface area contributed by atoms with Gasteiger partial charge in [-0.3, -0.25) is 4.79 Å². The van der Waals surface area contributed by atoms with E-state index in [0.717, 1.165) is 36.7 Å². The lowest BCUT2D eigenvalue weighted by molar-refractivity contribution is -0.132. The molecule has 1 saturated heterocycles. The van der Waals surface area contributed by atoms with Crippen LogP contribution in [0.2, 0.25) is 0 Å². The van der Waals surface area contributed by atoms with Gasteiger partial charge in [0, 0.05) is 26.2 Å². The van der Waals surface area contributed by atoms with E-state index in [4.69, 9.17) is 10.5 Å². The number of para-hydroxylation sites is 2. The summed E-state index contributed by atoms with van der Waals surface area (Å²) in [4.78, 5) is 16.5. The molecule has 0 spiro atoms. The number of carbonyl (C=O) groups is 1. The molecule has 130 valence electrons. The number of halogens is 1. The Balaban J connectivity index is 0.00000264. The van der Waals surface area contributed by atoms with E-state index >= 15 is 0 Å². The molecule has 1 aliphatic rings. The highest BCUT2D eigenvalue weighted by Gasteiger charge is 2.25. The topological polar surface area (TPSA) is 58.8 Å². The summed E-state index contributed by atoms with van der Waals surface area (Å²) in [7, 11) is 1.68. The quantitative estimate of drug-likeness (QED) is 0.840. The maximum atomic E-state index is 12.3. The van der Waals surface area contributed by atoms with Crippen LogP contribution < -0.4 is 15.4 Å². The first-order chi connectivity index (χ1) is 10.7. The van der Waals surface area contributed by atoms with Gasteiger partial charge < -0.3 is 20.3 Å². The van der Waals surface area contributed by atoms with Crippen LogP contribution in [0.25, 0.3) is 0 Å². The molecule has 1 heterocycles. The number of piperazine rings is 1. The largest absolute Gasteiger partial charge is 0.495 e. The number of amides is 1. The Hall–Kier alpha value is -1.11. The molecule has 2 N–H and O–H groups in total. The zero-order chi connectivity index (χ0) is 15.9. The second kappa shape index (κ2) is 9.90. The van der Waals surface area contributed by atoms with Gasteiger partial charge >= 0.3 is 0 Å². The molecule has 1 fully saturated rings. The fourth-order valence-corrected chi connectivity index (χ4v) is 3.15. The molecule has 1 aromatic carbocycles. The van der Waals surface area contributed by atoms with Crippen LogP contribution in [0.1, 0.15) is 6.42 Å². The molecule has 1 atom stereocenters. The minimum atomic E-state index is -0.370. The zero-order valence-electron chi connectivity index (χ0n) is 13.7. The second-order valence-corrected chi connectivity index (χ2v) is 6.36. The number of rotatable bonds is 6. The van der Waals surface area contributed by atoms with E-state index < -0.39 is 0 Å². The summed E-state index contributed by atoms with van der Waals surface area (Å²) < 4.78 is 5.41. The Morgan fingerprint density at radius 1 is 1.30 bits per heavy atom. The number of ether oxygens (including phenoxy) is 1. The number of carbonyl (C=O) groups excluding carboxylic acids is 1. The first-order valence-electron chi connectivity index (χ1n) is 7.58. The summed E-state index contributed by atoms with van der Waals surface area (Å²) >= 11 is 1.72. The number of anilines is 1. The van der Waals surface area contributed by atoms with Gasteiger partial charge in [-0.25, -0.2) is 0 Å². The Bertz CT molecular complexity index is 496. The van der Waals surface area contributed by atoms with Gasteiger partial charge in [-0.1, -0.05) is 12.1 Å². The maximum Gasteiger partial charge on any atom is 0.239 e. The molecule has 0 aromatic heterocycles. The molecule has 0 aliphatic carbocycles. The number of thioether (sulfide) groups is 1. The summed E-state index contributed by atoms with van der Waals surface area (Å²) in [5.41, 5.74) is 7.07. The van der Waals surface area contributed by atoms with Gasteiger partial charge in [-0.2, -0.15) is 11.8 Å². The molecular weight excluding hydrogens is 334 g/mol. The molecule has 2 rings (SSSR count). The fourth-order valence-electron chi connectivity index (χ4n) is 2.66. The van der Waals surface area contributed by atoms with Gasteiger partial charge in [-0.15, -0.1) is 12.4 Å². The Labute approximate surface area is 148 Å². The van der Waals surface area contributed by atoms with Gasteiger partial charge in [0.25, 0.3) is 0 Å². The van der Waals surface area contributed by atoms with Crippen LogP contribution in [0.5, 0.6) is 5.75 Å². The van der Waals surface area contributed by atoms with E-state index in [0.29, 0.717) is 13.1 Å². The molecule has 1 amide bonds.